The monoisotopic (exact) mass is 829 g/mol. The lowest BCUT2D eigenvalue weighted by Gasteiger charge is -2.23. The Hall–Kier alpha value is -6.48. The van der Waals surface area contributed by atoms with E-state index < -0.39 is 0 Å². The third kappa shape index (κ3) is 12.8. The van der Waals surface area contributed by atoms with E-state index in [1.807, 2.05) is 73.7 Å². The number of hydrogen-bond donors (Lipinski definition) is 2. The van der Waals surface area contributed by atoms with Crippen LogP contribution in [0.1, 0.15) is 102 Å². The van der Waals surface area contributed by atoms with Crippen molar-refractivity contribution < 1.29 is 0 Å². The molecule has 2 heteroatoms. The Morgan fingerprint density at radius 2 is 1.10 bits per heavy atom. The first-order chi connectivity index (χ1) is 30.1. The molecule has 0 amide bonds. The number of nitrogens with two attached hydrogens (primary N) is 1. The quantitative estimate of drug-likeness (QED) is 0.150. The molecule has 0 spiro atoms. The highest BCUT2D eigenvalue weighted by molar-refractivity contribution is 5.83. The van der Waals surface area contributed by atoms with Crippen molar-refractivity contribution in [2.24, 2.45) is 11.7 Å². The minimum absolute atomic E-state index is 0.0193. The lowest BCUT2D eigenvalue weighted by atomic mass is 9.81. The van der Waals surface area contributed by atoms with Gasteiger partial charge in [-0.05, 0) is 126 Å². The Morgan fingerprint density at radius 3 is 1.65 bits per heavy atom. The Balaban J connectivity index is 0.000000180. The predicted molar refractivity (Wildman–Crippen MR) is 277 cm³/mol. The number of allylic oxidation sites excluding steroid dienone is 2. The molecule has 0 fully saturated rings. The summed E-state index contributed by atoms with van der Waals surface area (Å²) in [6.07, 6.45) is 4.23. The third-order valence-electron chi connectivity index (χ3n) is 11.6. The Kier molecular flexibility index (Phi) is 16.6. The van der Waals surface area contributed by atoms with Crippen molar-refractivity contribution >= 4 is 17.3 Å². The van der Waals surface area contributed by atoms with Gasteiger partial charge in [0.2, 0.25) is 0 Å². The van der Waals surface area contributed by atoms with Gasteiger partial charge in [0, 0.05) is 11.1 Å². The fraction of sp³-hybridized carbons (Fsp3) is 0.213. The first-order valence-electron chi connectivity index (χ1n) is 22.2. The maximum Gasteiger partial charge on any atom is 0.101 e. The summed E-state index contributed by atoms with van der Waals surface area (Å²) in [5.41, 5.74) is 27.7. The predicted octanol–water partition coefficient (Wildman–Crippen LogP) is 16.2. The van der Waals surface area contributed by atoms with E-state index in [4.69, 9.17) is 5.73 Å². The Morgan fingerprint density at radius 1 is 0.540 bits per heavy atom. The zero-order valence-corrected chi connectivity index (χ0v) is 39.4. The van der Waals surface area contributed by atoms with Gasteiger partial charge >= 0.3 is 0 Å². The number of benzene rings is 7. The summed E-state index contributed by atoms with van der Waals surface area (Å²) < 4.78 is 0. The lowest BCUT2D eigenvalue weighted by molar-refractivity contribution is 0.656. The van der Waals surface area contributed by atoms with Crippen molar-refractivity contribution in [3.8, 4) is 22.3 Å². The van der Waals surface area contributed by atoms with Gasteiger partial charge in [0.05, 0.1) is 0 Å². The highest BCUT2D eigenvalue weighted by Gasteiger charge is 2.35. The van der Waals surface area contributed by atoms with E-state index >= 15 is 0 Å². The zero-order valence-electron chi connectivity index (χ0n) is 39.4. The van der Waals surface area contributed by atoms with Crippen LogP contribution in [0.15, 0.2) is 183 Å². The zero-order chi connectivity index (χ0) is 45.7. The van der Waals surface area contributed by atoms with Crippen LogP contribution in [0.4, 0.5) is 0 Å². The molecular formula is C61H68N2. The molecule has 2 nitrogen and oxygen atoms in total. The normalized spacial score (nSPS) is 12.3. The second-order valence-corrected chi connectivity index (χ2v) is 17.7. The number of hydrogen-bond acceptors (Lipinski definition) is 2. The SMILES string of the molecule is C=C(C)c1ccccc1.C=C(NC(N)c1ccccc1)c1ccc2c(c1)C(C)(C)c1cc(C)ccc1-2.Cc1cc(-c2ccccc2C)c(C)cc1/C=C\C(C)C.Cc1ccccc1. The molecule has 0 saturated carbocycles. The van der Waals surface area contributed by atoms with Gasteiger partial charge in [-0.15, -0.1) is 0 Å². The summed E-state index contributed by atoms with van der Waals surface area (Å²) in [6.45, 7) is 29.9. The number of aryl methyl sites for hydroxylation is 5. The maximum absolute atomic E-state index is 6.31. The fourth-order valence-corrected chi connectivity index (χ4v) is 7.79. The van der Waals surface area contributed by atoms with Gasteiger partial charge in [0.1, 0.15) is 6.17 Å². The summed E-state index contributed by atoms with van der Waals surface area (Å²) in [6, 6.07) is 57.0. The van der Waals surface area contributed by atoms with Gasteiger partial charge in [0.15, 0.2) is 0 Å². The largest absolute Gasteiger partial charge is 0.366 e. The summed E-state index contributed by atoms with van der Waals surface area (Å²) in [4.78, 5) is 0. The molecule has 7 aromatic rings. The van der Waals surface area contributed by atoms with E-state index in [0.29, 0.717) is 5.92 Å². The van der Waals surface area contributed by atoms with E-state index in [1.54, 1.807) is 0 Å². The third-order valence-corrected chi connectivity index (χ3v) is 11.6. The topological polar surface area (TPSA) is 38.0 Å². The van der Waals surface area contributed by atoms with Crippen LogP contribution in [0, 0.1) is 40.5 Å². The molecule has 0 saturated heterocycles. The van der Waals surface area contributed by atoms with E-state index in [-0.39, 0.29) is 11.6 Å². The van der Waals surface area contributed by atoms with Crippen LogP contribution in [0.2, 0.25) is 0 Å². The average molecular weight is 829 g/mol. The minimum atomic E-state index is -0.278. The Bertz CT molecular complexity index is 2630. The molecule has 3 N–H and O–H groups in total. The van der Waals surface area contributed by atoms with E-state index in [1.165, 1.54) is 72.3 Å². The summed E-state index contributed by atoms with van der Waals surface area (Å²) in [5, 5.41) is 3.34. The van der Waals surface area contributed by atoms with Gasteiger partial charge in [-0.2, -0.15) is 0 Å². The van der Waals surface area contributed by atoms with Crippen molar-refractivity contribution in [1.29, 1.82) is 0 Å². The summed E-state index contributed by atoms with van der Waals surface area (Å²) in [5.74, 6) is 0.589. The van der Waals surface area contributed by atoms with Gasteiger partial charge < -0.3 is 11.1 Å². The van der Waals surface area contributed by atoms with Gasteiger partial charge in [0.25, 0.3) is 0 Å². The molecule has 1 unspecified atom stereocenters. The van der Waals surface area contributed by atoms with Crippen LogP contribution in [0.5, 0.6) is 0 Å². The van der Waals surface area contributed by atoms with Crippen LogP contribution in [-0.2, 0) is 5.41 Å². The van der Waals surface area contributed by atoms with Crippen molar-refractivity contribution in [1.82, 2.24) is 5.32 Å². The Labute approximate surface area is 380 Å². The fourth-order valence-electron chi connectivity index (χ4n) is 7.79. The van der Waals surface area contributed by atoms with Crippen molar-refractivity contribution in [2.75, 3.05) is 0 Å². The highest BCUT2D eigenvalue weighted by Crippen LogP contribution is 2.49. The summed E-state index contributed by atoms with van der Waals surface area (Å²) in [7, 11) is 0. The van der Waals surface area contributed by atoms with E-state index in [0.717, 1.165) is 22.4 Å². The van der Waals surface area contributed by atoms with Gasteiger partial charge in [-0.3, -0.25) is 0 Å². The van der Waals surface area contributed by atoms with Crippen LogP contribution in [-0.4, -0.2) is 0 Å². The molecule has 1 atom stereocenters. The maximum atomic E-state index is 6.31. The van der Waals surface area contributed by atoms with Gasteiger partial charge in [-0.1, -0.05) is 227 Å². The number of rotatable bonds is 8. The molecule has 0 radical (unpaired) electrons. The molecular weight excluding hydrogens is 761 g/mol. The molecule has 0 aliphatic heterocycles. The van der Waals surface area contributed by atoms with E-state index in [9.17, 15) is 0 Å². The molecule has 8 rings (SSSR count). The second-order valence-electron chi connectivity index (χ2n) is 17.7. The van der Waals surface area contributed by atoms with Crippen LogP contribution >= 0.6 is 0 Å². The molecule has 1 aliphatic rings. The lowest BCUT2D eigenvalue weighted by Crippen LogP contribution is -2.27. The van der Waals surface area contributed by atoms with Crippen molar-refractivity contribution in [3.05, 3.63) is 244 Å². The van der Waals surface area contributed by atoms with Gasteiger partial charge in [-0.25, -0.2) is 0 Å². The molecule has 322 valence electrons. The average Bonchev–Trinajstić information content (AvgIpc) is 3.50. The molecule has 7 aromatic carbocycles. The molecule has 0 bridgehead atoms. The first-order valence-corrected chi connectivity index (χ1v) is 22.2. The van der Waals surface area contributed by atoms with Crippen molar-refractivity contribution in [3.63, 3.8) is 0 Å². The first kappa shape index (κ1) is 47.6. The van der Waals surface area contributed by atoms with Crippen LogP contribution in [0.25, 0.3) is 39.6 Å². The highest BCUT2D eigenvalue weighted by atomic mass is 15.0. The molecule has 1 aliphatic carbocycles. The number of nitrogens with one attached hydrogen (secondary N) is 1. The number of fused-ring (bicyclic) bond motifs is 3. The summed E-state index contributed by atoms with van der Waals surface area (Å²) >= 11 is 0. The molecule has 0 heterocycles. The van der Waals surface area contributed by atoms with E-state index in [2.05, 4.69) is 190 Å². The second kappa shape index (κ2) is 22.0. The standard InChI is InChI=1S/C25H26N2.C20H24.C9H10.C7H8/c1-16-10-12-20-21-13-11-19(15-23(21)25(3,4)22(20)14-16)17(2)27-24(26)18-8-6-5-7-9-18;1-14(2)10-11-18-12-17(5)20(13-16(18)4)19-9-7-6-8-15(19)3;1-8(2)9-6-4-3-5-7-9;1-7-5-3-2-4-6-7/h5-15,24,27H,2,26H2,1,3-4H3;6-14H,1-5H3;3-7H,1H2,2H3;2-6H,1H3/b;11-10-;;. The van der Waals surface area contributed by atoms with Crippen LogP contribution < -0.4 is 11.1 Å². The van der Waals surface area contributed by atoms with Crippen LogP contribution in [0.3, 0.4) is 0 Å². The van der Waals surface area contributed by atoms with Crippen molar-refractivity contribution in [2.45, 2.75) is 80.8 Å². The minimum Gasteiger partial charge on any atom is -0.366 e. The smallest absolute Gasteiger partial charge is 0.101 e. The molecule has 0 aromatic heterocycles. The molecule has 63 heavy (non-hydrogen) atoms.